The number of benzene rings is 1. The number of carbonyl (C=O) groups excluding carboxylic acids is 2. The molecule has 0 bridgehead atoms. The van der Waals surface area contributed by atoms with E-state index in [-0.39, 0.29) is 5.91 Å². The number of anilines is 2. The number of ether oxygens (including phenoxy) is 2. The van der Waals surface area contributed by atoms with Crippen molar-refractivity contribution >= 4 is 23.3 Å². The molecule has 1 aliphatic rings. The molecule has 1 heterocycles. The lowest BCUT2D eigenvalue weighted by atomic mass is 10.2. The van der Waals surface area contributed by atoms with Gasteiger partial charge in [-0.05, 0) is 38.1 Å². The van der Waals surface area contributed by atoms with Crippen molar-refractivity contribution in [2.45, 2.75) is 20.0 Å². The van der Waals surface area contributed by atoms with Crippen LogP contribution in [-0.4, -0.2) is 44.3 Å². The summed E-state index contributed by atoms with van der Waals surface area (Å²) < 4.78 is 10.3. The van der Waals surface area contributed by atoms with Gasteiger partial charge in [-0.1, -0.05) is 6.08 Å². The Morgan fingerprint density at radius 2 is 1.91 bits per heavy atom. The van der Waals surface area contributed by atoms with E-state index in [1.165, 1.54) is 6.08 Å². The van der Waals surface area contributed by atoms with Crippen LogP contribution in [0, 0.1) is 0 Å². The van der Waals surface area contributed by atoms with E-state index >= 15 is 0 Å². The van der Waals surface area contributed by atoms with Crippen molar-refractivity contribution in [3.8, 4) is 0 Å². The molecule has 2 rings (SSSR count). The van der Waals surface area contributed by atoms with Crippen LogP contribution in [0.1, 0.15) is 13.8 Å². The predicted octanol–water partition coefficient (Wildman–Crippen LogP) is 1.97. The number of esters is 1. The van der Waals surface area contributed by atoms with E-state index < -0.39 is 12.1 Å². The molecule has 23 heavy (non-hydrogen) atoms. The third-order valence-corrected chi connectivity index (χ3v) is 3.48. The van der Waals surface area contributed by atoms with E-state index in [1.54, 1.807) is 19.9 Å². The van der Waals surface area contributed by atoms with Gasteiger partial charge >= 0.3 is 5.97 Å². The van der Waals surface area contributed by atoms with Crippen molar-refractivity contribution in [3.63, 3.8) is 0 Å². The van der Waals surface area contributed by atoms with Gasteiger partial charge in [-0.3, -0.25) is 4.79 Å². The van der Waals surface area contributed by atoms with Crippen LogP contribution in [0.15, 0.2) is 36.4 Å². The van der Waals surface area contributed by atoms with Crippen LogP contribution in [0.3, 0.4) is 0 Å². The summed E-state index contributed by atoms with van der Waals surface area (Å²) in [5.74, 6) is -0.889. The maximum atomic E-state index is 12.0. The molecule has 1 aliphatic heterocycles. The number of hydrogen-bond donors (Lipinski definition) is 1. The maximum absolute atomic E-state index is 12.0. The van der Waals surface area contributed by atoms with Gasteiger partial charge in [0.15, 0.2) is 6.10 Å². The Bertz CT molecular complexity index is 562. The Hall–Kier alpha value is -2.34. The van der Waals surface area contributed by atoms with Gasteiger partial charge in [-0.2, -0.15) is 0 Å². The minimum atomic E-state index is -0.849. The monoisotopic (exact) mass is 318 g/mol. The third kappa shape index (κ3) is 5.10. The van der Waals surface area contributed by atoms with Crippen LogP contribution in [0.2, 0.25) is 0 Å². The summed E-state index contributed by atoms with van der Waals surface area (Å²) in [5, 5.41) is 2.74. The van der Waals surface area contributed by atoms with E-state index in [9.17, 15) is 9.59 Å². The molecule has 1 aromatic carbocycles. The summed E-state index contributed by atoms with van der Waals surface area (Å²) in [5.41, 5.74) is 1.76. The molecule has 0 saturated carbocycles. The van der Waals surface area contributed by atoms with Crippen molar-refractivity contribution in [1.82, 2.24) is 0 Å². The van der Waals surface area contributed by atoms with Crippen LogP contribution < -0.4 is 10.2 Å². The Morgan fingerprint density at radius 1 is 1.26 bits per heavy atom. The summed E-state index contributed by atoms with van der Waals surface area (Å²) in [6.07, 6.45) is 2.00. The molecule has 0 aromatic heterocycles. The second-order valence-electron chi connectivity index (χ2n) is 5.21. The smallest absolute Gasteiger partial charge is 0.331 e. The largest absolute Gasteiger partial charge is 0.449 e. The number of amides is 1. The SMILES string of the molecule is C/C=C/C(=O)O[C@H](C)C(=O)Nc1ccc(N2CCOCC2)cc1. The minimum absolute atomic E-state index is 0.359. The Morgan fingerprint density at radius 3 is 2.52 bits per heavy atom. The molecule has 0 spiro atoms. The van der Waals surface area contributed by atoms with Gasteiger partial charge in [-0.25, -0.2) is 4.79 Å². The van der Waals surface area contributed by atoms with E-state index in [0.717, 1.165) is 32.0 Å². The first kappa shape index (κ1) is 17.0. The second-order valence-corrected chi connectivity index (χ2v) is 5.21. The van der Waals surface area contributed by atoms with Gasteiger partial charge in [0.1, 0.15) is 0 Å². The number of carbonyl (C=O) groups is 2. The highest BCUT2D eigenvalue weighted by Crippen LogP contribution is 2.19. The summed E-state index contributed by atoms with van der Waals surface area (Å²) in [4.78, 5) is 25.6. The summed E-state index contributed by atoms with van der Waals surface area (Å²) in [6, 6.07) is 7.58. The zero-order valence-electron chi connectivity index (χ0n) is 13.5. The molecular weight excluding hydrogens is 296 g/mol. The number of rotatable bonds is 5. The fourth-order valence-corrected chi connectivity index (χ4v) is 2.22. The van der Waals surface area contributed by atoms with Crippen LogP contribution in [0.5, 0.6) is 0 Å². The lowest BCUT2D eigenvalue weighted by Crippen LogP contribution is -2.36. The normalized spacial score (nSPS) is 16.2. The average Bonchev–Trinajstić information content (AvgIpc) is 2.56. The fraction of sp³-hybridized carbons (Fsp3) is 0.412. The third-order valence-electron chi connectivity index (χ3n) is 3.48. The number of hydrogen-bond acceptors (Lipinski definition) is 5. The minimum Gasteiger partial charge on any atom is -0.449 e. The van der Waals surface area contributed by atoms with E-state index in [4.69, 9.17) is 9.47 Å². The van der Waals surface area contributed by atoms with Gasteiger partial charge in [0.05, 0.1) is 13.2 Å². The Kier molecular flexibility index (Phi) is 6.17. The molecule has 0 unspecified atom stereocenters. The zero-order chi connectivity index (χ0) is 16.7. The van der Waals surface area contributed by atoms with Gasteiger partial charge in [0.2, 0.25) is 0 Å². The molecule has 0 aliphatic carbocycles. The van der Waals surface area contributed by atoms with Crippen molar-refractivity contribution < 1.29 is 19.1 Å². The molecule has 1 fully saturated rings. The summed E-state index contributed by atoms with van der Waals surface area (Å²) in [6.45, 7) is 6.44. The van der Waals surface area contributed by atoms with Crippen molar-refractivity contribution in [1.29, 1.82) is 0 Å². The highest BCUT2D eigenvalue weighted by molar-refractivity contribution is 5.96. The molecule has 1 N–H and O–H groups in total. The number of nitrogens with one attached hydrogen (secondary N) is 1. The highest BCUT2D eigenvalue weighted by atomic mass is 16.5. The average molecular weight is 318 g/mol. The molecule has 1 aromatic rings. The van der Waals surface area contributed by atoms with Gasteiger partial charge < -0.3 is 19.7 Å². The van der Waals surface area contributed by atoms with Crippen molar-refractivity contribution in [2.75, 3.05) is 36.5 Å². The van der Waals surface area contributed by atoms with Crippen LogP contribution >= 0.6 is 0 Å². The van der Waals surface area contributed by atoms with Crippen molar-refractivity contribution in [3.05, 3.63) is 36.4 Å². The topological polar surface area (TPSA) is 67.9 Å². The number of nitrogens with zero attached hydrogens (tertiary/aromatic N) is 1. The summed E-state index contributed by atoms with van der Waals surface area (Å²) in [7, 11) is 0. The van der Waals surface area contributed by atoms with Crippen molar-refractivity contribution in [2.24, 2.45) is 0 Å². The molecule has 1 saturated heterocycles. The second kappa shape index (κ2) is 8.33. The first-order valence-electron chi connectivity index (χ1n) is 7.67. The first-order chi connectivity index (χ1) is 11.1. The first-order valence-corrected chi connectivity index (χ1v) is 7.67. The maximum Gasteiger partial charge on any atom is 0.331 e. The number of allylic oxidation sites excluding steroid dienone is 1. The Balaban J connectivity index is 1.89. The summed E-state index contributed by atoms with van der Waals surface area (Å²) >= 11 is 0. The molecule has 6 heteroatoms. The lowest BCUT2D eigenvalue weighted by molar-refractivity contribution is -0.148. The molecule has 0 radical (unpaired) electrons. The van der Waals surface area contributed by atoms with Crippen LogP contribution in [-0.2, 0) is 19.1 Å². The molecule has 6 nitrogen and oxygen atoms in total. The fourth-order valence-electron chi connectivity index (χ4n) is 2.22. The molecule has 1 atom stereocenters. The van der Waals surface area contributed by atoms with Gasteiger partial charge in [0.25, 0.3) is 5.91 Å². The number of morpholine rings is 1. The van der Waals surface area contributed by atoms with Gasteiger partial charge in [-0.15, -0.1) is 0 Å². The van der Waals surface area contributed by atoms with E-state index in [0.29, 0.717) is 5.69 Å². The van der Waals surface area contributed by atoms with Crippen LogP contribution in [0.25, 0.3) is 0 Å². The molecular formula is C17H22N2O4. The quantitative estimate of drug-likeness (QED) is 0.664. The van der Waals surface area contributed by atoms with Gasteiger partial charge in [0, 0.05) is 30.5 Å². The zero-order valence-corrected chi connectivity index (χ0v) is 13.5. The van der Waals surface area contributed by atoms with E-state index in [1.807, 2.05) is 24.3 Å². The lowest BCUT2D eigenvalue weighted by Gasteiger charge is -2.28. The molecule has 124 valence electrons. The predicted molar refractivity (Wildman–Crippen MR) is 88.5 cm³/mol. The molecule has 1 amide bonds. The van der Waals surface area contributed by atoms with Crippen LogP contribution in [0.4, 0.5) is 11.4 Å². The standard InChI is InChI=1S/C17H22N2O4/c1-3-4-16(20)23-13(2)17(21)18-14-5-7-15(8-6-14)19-9-11-22-12-10-19/h3-8,13H,9-12H2,1-2H3,(H,18,21)/b4-3+/t13-/m1/s1. The highest BCUT2D eigenvalue weighted by Gasteiger charge is 2.17. The van der Waals surface area contributed by atoms with E-state index in [2.05, 4.69) is 10.2 Å². The Labute approximate surface area is 136 Å².